The lowest BCUT2D eigenvalue weighted by molar-refractivity contribution is -0.276. The second-order valence-electron chi connectivity index (χ2n) is 5.93. The van der Waals surface area contributed by atoms with Crippen molar-refractivity contribution in [3.63, 3.8) is 0 Å². The number of hydrogen-bond donors (Lipinski definition) is 3. The van der Waals surface area contributed by atoms with Gasteiger partial charge in [0.15, 0.2) is 11.5 Å². The first kappa shape index (κ1) is 25.9. The summed E-state index contributed by atoms with van der Waals surface area (Å²) in [6.45, 7) is 3.39. The molecule has 0 aliphatic carbocycles. The van der Waals surface area contributed by atoms with E-state index in [1.807, 2.05) is 0 Å². The third kappa shape index (κ3) is 12.2. The lowest BCUT2D eigenvalue weighted by Gasteiger charge is -2.16. The average molecular weight is 461 g/mol. The van der Waals surface area contributed by atoms with Crippen LogP contribution in [0.3, 0.4) is 0 Å². The minimum absolute atomic E-state index is 0.0117. The predicted octanol–water partition coefficient (Wildman–Crippen LogP) is 2.81. The highest BCUT2D eigenvalue weighted by Crippen LogP contribution is 2.37. The van der Waals surface area contributed by atoms with E-state index in [1.165, 1.54) is 0 Å². The van der Waals surface area contributed by atoms with Gasteiger partial charge in [0.1, 0.15) is 5.75 Å². The third-order valence-corrected chi connectivity index (χ3v) is 2.82. The van der Waals surface area contributed by atoms with Crippen LogP contribution in [0.5, 0.6) is 17.2 Å². The van der Waals surface area contributed by atoms with Crippen LogP contribution in [0.4, 0.5) is 26.3 Å². The smallest absolute Gasteiger partial charge is 0.490 e. The van der Waals surface area contributed by atoms with E-state index in [9.17, 15) is 26.3 Å². The van der Waals surface area contributed by atoms with E-state index < -0.39 is 30.0 Å². The number of rotatable bonds is 9. The van der Waals surface area contributed by atoms with Gasteiger partial charge in [0.05, 0.1) is 13.2 Å². The highest BCUT2D eigenvalue weighted by atomic mass is 19.4. The predicted molar refractivity (Wildman–Crippen MR) is 97.4 cm³/mol. The number of ether oxygens (including phenoxy) is 3. The molecule has 1 aromatic carbocycles. The average Bonchev–Trinajstić information content (AvgIpc) is 2.55. The van der Waals surface area contributed by atoms with E-state index in [-0.39, 0.29) is 37.6 Å². The van der Waals surface area contributed by atoms with Gasteiger partial charge in [-0.05, 0) is 26.0 Å². The number of benzene rings is 1. The summed E-state index contributed by atoms with van der Waals surface area (Å²) < 4.78 is 86.6. The molecule has 0 aliphatic rings. The van der Waals surface area contributed by atoms with Gasteiger partial charge in [0.2, 0.25) is 11.9 Å². The van der Waals surface area contributed by atoms with Crippen molar-refractivity contribution in [2.75, 3.05) is 13.2 Å². The Labute approximate surface area is 173 Å². The molecular formula is C16H21F6N5O4. The Morgan fingerprint density at radius 1 is 1.00 bits per heavy atom. The lowest BCUT2D eigenvalue weighted by atomic mass is 10.3. The largest absolute Gasteiger partial charge is 0.573 e. The number of halogens is 6. The number of guanidine groups is 2. The fraction of sp³-hybridized carbons (Fsp3) is 0.500. The molecule has 9 nitrogen and oxygen atoms in total. The fourth-order valence-corrected chi connectivity index (χ4v) is 1.89. The van der Waals surface area contributed by atoms with Gasteiger partial charge >= 0.3 is 12.7 Å². The molecule has 0 saturated carbocycles. The maximum atomic E-state index is 12.5. The van der Waals surface area contributed by atoms with Crippen molar-refractivity contribution in [1.29, 1.82) is 0 Å². The van der Waals surface area contributed by atoms with Crippen molar-refractivity contribution in [3.8, 4) is 17.2 Å². The Morgan fingerprint density at radius 2 is 1.65 bits per heavy atom. The van der Waals surface area contributed by atoms with Gasteiger partial charge in [0.25, 0.3) is 0 Å². The Bertz CT molecular complexity index is 768. The van der Waals surface area contributed by atoms with Gasteiger partial charge in [-0.1, -0.05) is 0 Å². The molecular weight excluding hydrogens is 440 g/mol. The standard InChI is InChI=1S/C16H21F6N5O4/c1-9(2)25-13(23)26-14(24)27-29-7-3-6-28-11-5-4-10(30-15(17,18)19)8-12(11)31-16(20,21)22/h4-5,8-9H,3,6-7H2,1-2H3,(H5,23,24,25,26,27). The molecule has 5 N–H and O–H groups in total. The summed E-state index contributed by atoms with van der Waals surface area (Å²) in [7, 11) is 0. The topological polar surface area (TPSA) is 126 Å². The minimum Gasteiger partial charge on any atom is -0.490 e. The molecule has 0 saturated heterocycles. The summed E-state index contributed by atoms with van der Waals surface area (Å²) in [4.78, 5) is 12.6. The summed E-state index contributed by atoms with van der Waals surface area (Å²) in [6.07, 6.45) is -10.1. The summed E-state index contributed by atoms with van der Waals surface area (Å²) in [6, 6.07) is 1.96. The zero-order valence-corrected chi connectivity index (χ0v) is 16.4. The van der Waals surface area contributed by atoms with Crippen LogP contribution in [0.15, 0.2) is 28.2 Å². The van der Waals surface area contributed by atoms with Crippen LogP contribution in [0.1, 0.15) is 20.3 Å². The van der Waals surface area contributed by atoms with Crippen molar-refractivity contribution in [2.24, 2.45) is 21.5 Å². The molecule has 0 aliphatic heterocycles. The number of nitrogens with one attached hydrogen (secondary N) is 1. The molecule has 31 heavy (non-hydrogen) atoms. The van der Waals surface area contributed by atoms with Crippen LogP contribution < -0.4 is 31.2 Å². The monoisotopic (exact) mass is 461 g/mol. The molecule has 176 valence electrons. The van der Waals surface area contributed by atoms with E-state index in [2.05, 4.69) is 24.9 Å². The molecule has 0 radical (unpaired) electrons. The van der Waals surface area contributed by atoms with Gasteiger partial charge in [-0.3, -0.25) is 4.84 Å². The molecule has 0 atom stereocenters. The molecule has 0 spiro atoms. The Morgan fingerprint density at radius 3 is 2.23 bits per heavy atom. The number of hydrogen-bond acceptors (Lipinski definition) is 5. The first-order valence-corrected chi connectivity index (χ1v) is 8.59. The summed E-state index contributed by atoms with van der Waals surface area (Å²) in [5.74, 6) is -2.59. The highest BCUT2D eigenvalue weighted by molar-refractivity contribution is 5.92. The molecule has 0 unspecified atom stereocenters. The van der Waals surface area contributed by atoms with Gasteiger partial charge in [-0.2, -0.15) is 4.99 Å². The Kier molecular flexibility index (Phi) is 9.48. The van der Waals surface area contributed by atoms with Crippen LogP contribution in [-0.2, 0) is 4.84 Å². The number of nitrogens with zero attached hydrogens (tertiary/aromatic N) is 2. The maximum absolute atomic E-state index is 12.5. The highest BCUT2D eigenvalue weighted by Gasteiger charge is 2.34. The zero-order valence-electron chi connectivity index (χ0n) is 16.4. The van der Waals surface area contributed by atoms with Crippen molar-refractivity contribution in [1.82, 2.24) is 5.48 Å². The molecule has 15 heteroatoms. The first-order valence-electron chi connectivity index (χ1n) is 8.59. The molecule has 0 heterocycles. The van der Waals surface area contributed by atoms with Crippen molar-refractivity contribution in [3.05, 3.63) is 18.2 Å². The second kappa shape index (κ2) is 11.3. The van der Waals surface area contributed by atoms with E-state index in [4.69, 9.17) is 21.0 Å². The summed E-state index contributed by atoms with van der Waals surface area (Å²) in [5.41, 5.74) is 13.3. The van der Waals surface area contributed by atoms with Crippen molar-refractivity contribution >= 4 is 11.9 Å². The fourth-order valence-electron chi connectivity index (χ4n) is 1.89. The number of aliphatic imine (C=N–C) groups is 2. The lowest BCUT2D eigenvalue weighted by Crippen LogP contribution is -2.34. The normalized spacial score (nSPS) is 13.3. The molecule has 0 aromatic heterocycles. The van der Waals surface area contributed by atoms with Crippen LogP contribution in [0.2, 0.25) is 0 Å². The van der Waals surface area contributed by atoms with Crippen molar-refractivity contribution in [2.45, 2.75) is 39.0 Å². The Hall–Kier alpha value is -3.10. The van der Waals surface area contributed by atoms with E-state index in [0.29, 0.717) is 6.07 Å². The van der Waals surface area contributed by atoms with E-state index in [0.717, 1.165) is 12.1 Å². The van der Waals surface area contributed by atoms with Gasteiger partial charge in [-0.25, -0.2) is 10.5 Å². The van der Waals surface area contributed by atoms with Gasteiger partial charge in [0, 0.05) is 18.5 Å². The van der Waals surface area contributed by atoms with Crippen LogP contribution in [0, 0.1) is 0 Å². The number of hydroxylamine groups is 1. The third-order valence-electron chi connectivity index (χ3n) is 2.82. The van der Waals surface area contributed by atoms with Gasteiger partial charge < -0.3 is 25.7 Å². The number of nitrogens with two attached hydrogens (primary N) is 2. The minimum atomic E-state index is -5.15. The van der Waals surface area contributed by atoms with E-state index in [1.54, 1.807) is 13.8 Å². The van der Waals surface area contributed by atoms with Gasteiger partial charge in [-0.15, -0.1) is 26.3 Å². The second-order valence-corrected chi connectivity index (χ2v) is 5.93. The molecule has 1 aromatic rings. The zero-order chi connectivity index (χ0) is 23.7. The quantitative estimate of drug-likeness (QED) is 0.170. The molecule has 0 bridgehead atoms. The first-order chi connectivity index (χ1) is 14.2. The molecule has 1 rings (SSSR count). The van der Waals surface area contributed by atoms with Crippen molar-refractivity contribution < 1.29 is 45.4 Å². The summed E-state index contributed by atoms with van der Waals surface area (Å²) >= 11 is 0. The summed E-state index contributed by atoms with van der Waals surface area (Å²) in [5, 5.41) is 0. The molecule has 0 amide bonds. The van der Waals surface area contributed by atoms with E-state index >= 15 is 0 Å². The van der Waals surface area contributed by atoms with Crippen LogP contribution >= 0.6 is 0 Å². The van der Waals surface area contributed by atoms with Crippen LogP contribution in [-0.4, -0.2) is 43.9 Å². The Balaban J connectivity index is 2.58. The van der Waals surface area contributed by atoms with Crippen LogP contribution in [0.25, 0.3) is 0 Å². The number of alkyl halides is 6. The SMILES string of the molecule is CC(C)N=C(N)N=C(N)NOCCCOc1ccc(OC(F)(F)F)cc1OC(F)(F)F. The molecule has 0 fully saturated rings. The maximum Gasteiger partial charge on any atom is 0.573 e.